The Hall–Kier alpha value is -0.160. The summed E-state index contributed by atoms with van der Waals surface area (Å²) in [4.78, 5) is 2.37. The van der Waals surface area contributed by atoms with E-state index < -0.39 is 0 Å². The van der Waals surface area contributed by atoms with Gasteiger partial charge in [-0.15, -0.1) is 0 Å². The normalized spacial score (nSPS) is 11.2. The van der Waals surface area contributed by atoms with Crippen LogP contribution in [0.5, 0.6) is 0 Å². The Bertz CT molecular complexity index is 121. The monoisotopic (exact) mass is 231 g/mol. The highest BCUT2D eigenvalue weighted by atomic mass is 16.3. The third-order valence-corrected chi connectivity index (χ3v) is 2.72. The van der Waals surface area contributed by atoms with Crippen LogP contribution >= 0.6 is 0 Å². The van der Waals surface area contributed by atoms with Crippen LogP contribution in [-0.4, -0.2) is 63.4 Å². The lowest BCUT2D eigenvalue weighted by atomic mass is 10.2. The van der Waals surface area contributed by atoms with Crippen molar-refractivity contribution >= 4 is 0 Å². The largest absolute Gasteiger partial charge is 0.395 e. The molecule has 0 rings (SSSR count). The highest BCUT2D eigenvalue weighted by Crippen LogP contribution is 1.98. The van der Waals surface area contributed by atoms with Crippen LogP contribution in [-0.2, 0) is 0 Å². The van der Waals surface area contributed by atoms with Gasteiger partial charge in [0.05, 0.1) is 6.61 Å². The quantitative estimate of drug-likeness (QED) is 0.422. The molecular weight excluding hydrogens is 202 g/mol. The Labute approximate surface area is 100 Å². The molecule has 16 heavy (non-hydrogen) atoms. The van der Waals surface area contributed by atoms with Crippen LogP contribution in [0, 0.1) is 0 Å². The number of unbranched alkanes of at least 4 members (excludes halogenated alkanes) is 2. The van der Waals surface area contributed by atoms with Crippen molar-refractivity contribution in [2.45, 2.75) is 25.7 Å². The van der Waals surface area contributed by atoms with Crippen LogP contribution in [0.4, 0.5) is 0 Å². The molecule has 0 aliphatic heterocycles. The highest BCUT2D eigenvalue weighted by Gasteiger charge is 2.03. The van der Waals surface area contributed by atoms with E-state index in [-0.39, 0.29) is 6.61 Å². The molecule has 0 radical (unpaired) electrons. The minimum atomic E-state index is 0.276. The molecule has 0 saturated heterocycles. The zero-order valence-electron chi connectivity index (χ0n) is 11.0. The van der Waals surface area contributed by atoms with Crippen LogP contribution < -0.4 is 10.6 Å². The second-order valence-electron chi connectivity index (χ2n) is 4.19. The molecule has 0 heterocycles. The van der Waals surface area contributed by atoms with E-state index in [1.54, 1.807) is 0 Å². The summed E-state index contributed by atoms with van der Waals surface area (Å²) in [6.07, 6.45) is 4.86. The number of hydrogen-bond acceptors (Lipinski definition) is 4. The number of nitrogens with one attached hydrogen (secondary N) is 2. The SMILES string of the molecule is CNCCCCN(CCO)CCCCNC. The molecule has 3 N–H and O–H groups in total. The summed E-state index contributed by atoms with van der Waals surface area (Å²) < 4.78 is 0. The molecule has 0 saturated carbocycles. The van der Waals surface area contributed by atoms with Crippen LogP contribution in [0.3, 0.4) is 0 Å². The lowest BCUT2D eigenvalue weighted by Crippen LogP contribution is -2.30. The Kier molecular flexibility index (Phi) is 12.8. The second-order valence-corrected chi connectivity index (χ2v) is 4.19. The summed E-state index contributed by atoms with van der Waals surface area (Å²) in [6, 6.07) is 0. The van der Waals surface area contributed by atoms with Crippen molar-refractivity contribution in [3.05, 3.63) is 0 Å². The molecule has 4 nitrogen and oxygen atoms in total. The van der Waals surface area contributed by atoms with Gasteiger partial charge in [-0.3, -0.25) is 0 Å². The van der Waals surface area contributed by atoms with Crippen LogP contribution in [0.1, 0.15) is 25.7 Å². The molecule has 4 heteroatoms. The number of aliphatic hydroxyl groups is 1. The van der Waals surface area contributed by atoms with Gasteiger partial charge in [-0.1, -0.05) is 0 Å². The summed E-state index contributed by atoms with van der Waals surface area (Å²) in [5.74, 6) is 0. The number of aliphatic hydroxyl groups excluding tert-OH is 1. The van der Waals surface area contributed by atoms with Gasteiger partial charge in [0, 0.05) is 6.54 Å². The fraction of sp³-hybridized carbons (Fsp3) is 1.00. The second kappa shape index (κ2) is 12.9. The van der Waals surface area contributed by atoms with Crippen molar-refractivity contribution in [2.75, 3.05) is 53.4 Å². The van der Waals surface area contributed by atoms with E-state index in [0.29, 0.717) is 0 Å². The lowest BCUT2D eigenvalue weighted by Gasteiger charge is -2.21. The van der Waals surface area contributed by atoms with Gasteiger partial charge in [0.1, 0.15) is 0 Å². The zero-order chi connectivity index (χ0) is 12.1. The Morgan fingerprint density at radius 1 is 0.812 bits per heavy atom. The molecule has 0 amide bonds. The van der Waals surface area contributed by atoms with Crippen LogP contribution in [0.15, 0.2) is 0 Å². The summed E-state index contributed by atoms with van der Waals surface area (Å²) in [5.41, 5.74) is 0. The minimum Gasteiger partial charge on any atom is -0.395 e. The van der Waals surface area contributed by atoms with Gasteiger partial charge in [-0.05, 0) is 66.0 Å². The van der Waals surface area contributed by atoms with E-state index in [4.69, 9.17) is 5.11 Å². The van der Waals surface area contributed by atoms with Crippen molar-refractivity contribution in [2.24, 2.45) is 0 Å². The van der Waals surface area contributed by atoms with Crippen molar-refractivity contribution in [3.8, 4) is 0 Å². The average molecular weight is 231 g/mol. The maximum Gasteiger partial charge on any atom is 0.0558 e. The molecule has 0 aromatic rings. The fourth-order valence-electron chi connectivity index (χ4n) is 1.75. The standard InChI is InChI=1S/C12H29N3O/c1-13-7-3-5-9-15(11-12-16)10-6-4-8-14-2/h13-14,16H,3-12H2,1-2H3. The number of nitrogens with zero attached hydrogens (tertiary/aromatic N) is 1. The Morgan fingerprint density at radius 3 is 1.69 bits per heavy atom. The van der Waals surface area contributed by atoms with Gasteiger partial charge < -0.3 is 20.6 Å². The van der Waals surface area contributed by atoms with Crippen LogP contribution in [0.25, 0.3) is 0 Å². The van der Waals surface area contributed by atoms with E-state index in [1.165, 1.54) is 25.7 Å². The van der Waals surface area contributed by atoms with Crippen molar-refractivity contribution < 1.29 is 5.11 Å². The molecule has 0 fully saturated rings. The van der Waals surface area contributed by atoms with E-state index in [1.807, 2.05) is 14.1 Å². The van der Waals surface area contributed by atoms with E-state index in [2.05, 4.69) is 15.5 Å². The molecule has 0 aliphatic carbocycles. The topological polar surface area (TPSA) is 47.5 Å². The van der Waals surface area contributed by atoms with Crippen molar-refractivity contribution in [1.82, 2.24) is 15.5 Å². The first-order valence-corrected chi connectivity index (χ1v) is 6.47. The smallest absolute Gasteiger partial charge is 0.0558 e. The molecule has 0 aliphatic rings. The van der Waals surface area contributed by atoms with E-state index >= 15 is 0 Å². The Morgan fingerprint density at radius 2 is 1.31 bits per heavy atom. The summed E-state index contributed by atoms with van der Waals surface area (Å²) in [7, 11) is 3.98. The molecule has 0 bridgehead atoms. The van der Waals surface area contributed by atoms with Gasteiger partial charge in [0.25, 0.3) is 0 Å². The third kappa shape index (κ3) is 10.4. The molecular formula is C12H29N3O. The average Bonchev–Trinajstić information content (AvgIpc) is 2.30. The molecule has 0 aromatic heterocycles. The van der Waals surface area contributed by atoms with Gasteiger partial charge >= 0.3 is 0 Å². The zero-order valence-corrected chi connectivity index (χ0v) is 11.0. The first-order chi connectivity index (χ1) is 7.85. The summed E-state index contributed by atoms with van der Waals surface area (Å²) in [5, 5.41) is 15.3. The van der Waals surface area contributed by atoms with Crippen molar-refractivity contribution in [3.63, 3.8) is 0 Å². The molecule has 0 spiro atoms. The van der Waals surface area contributed by atoms with Crippen molar-refractivity contribution in [1.29, 1.82) is 0 Å². The van der Waals surface area contributed by atoms with E-state index in [0.717, 1.165) is 32.7 Å². The summed E-state index contributed by atoms with van der Waals surface area (Å²) >= 11 is 0. The Balaban J connectivity index is 3.45. The molecule has 0 atom stereocenters. The molecule has 0 aromatic carbocycles. The van der Waals surface area contributed by atoms with Gasteiger partial charge in [-0.25, -0.2) is 0 Å². The predicted octanol–water partition coefficient (Wildman–Crippen LogP) is 0.280. The molecule has 98 valence electrons. The minimum absolute atomic E-state index is 0.276. The number of rotatable bonds is 12. The number of hydrogen-bond donors (Lipinski definition) is 3. The predicted molar refractivity (Wildman–Crippen MR) is 69.8 cm³/mol. The summed E-state index contributed by atoms with van der Waals surface area (Å²) in [6.45, 7) is 5.50. The molecule has 0 unspecified atom stereocenters. The first kappa shape index (κ1) is 15.8. The van der Waals surface area contributed by atoms with E-state index in [9.17, 15) is 0 Å². The first-order valence-electron chi connectivity index (χ1n) is 6.47. The van der Waals surface area contributed by atoms with Crippen LogP contribution in [0.2, 0.25) is 0 Å². The highest BCUT2D eigenvalue weighted by molar-refractivity contribution is 4.59. The lowest BCUT2D eigenvalue weighted by molar-refractivity contribution is 0.191. The fourth-order valence-corrected chi connectivity index (χ4v) is 1.75. The van der Waals surface area contributed by atoms with Gasteiger partial charge in [0.2, 0.25) is 0 Å². The van der Waals surface area contributed by atoms with Gasteiger partial charge in [0.15, 0.2) is 0 Å². The van der Waals surface area contributed by atoms with Gasteiger partial charge in [-0.2, -0.15) is 0 Å². The maximum atomic E-state index is 8.98. The third-order valence-electron chi connectivity index (χ3n) is 2.72. The maximum absolute atomic E-state index is 8.98.